The number of benzene rings is 2. The van der Waals surface area contributed by atoms with Crippen molar-refractivity contribution in [1.82, 2.24) is 0 Å². The minimum Gasteiger partial charge on any atom is -0.507 e. The lowest BCUT2D eigenvalue weighted by Crippen LogP contribution is -2.65. The number of hydrogen-bond donors (Lipinski definition) is 10. The molecule has 0 aromatic heterocycles. The molecule has 14 heteroatoms. The van der Waals surface area contributed by atoms with Gasteiger partial charge in [-0.1, -0.05) is 12.1 Å². The van der Waals surface area contributed by atoms with Crippen molar-refractivity contribution < 1.29 is 70.1 Å². The lowest BCUT2D eigenvalue weighted by Gasteiger charge is -2.49. The summed E-state index contributed by atoms with van der Waals surface area (Å²) < 4.78 is 16.7. The first-order valence-electron chi connectivity index (χ1n) is 12.9. The summed E-state index contributed by atoms with van der Waals surface area (Å²) in [5.41, 5.74) is -3.84. The molecular weight excluding hydrogens is 548 g/mol. The Morgan fingerprint density at radius 1 is 0.829 bits per heavy atom. The first-order chi connectivity index (χ1) is 19.3. The van der Waals surface area contributed by atoms with Gasteiger partial charge in [0.15, 0.2) is 6.29 Å². The lowest BCUT2D eigenvalue weighted by atomic mass is 9.68. The standard InChI is InChI=1S/C27H32O14/c1-9-18(31)21(34)24(37)26(40-9)39-8-10-5-12-17(14(30)6-10)20(33)16-11(3-2-4-13(16)29)27(12,38)25-23(36)22(35)19(32)15(7-28)41-25/h2-6,9,15,18-19,21-26,28-32,34-38H,7-8H2,1H3/t9-,15+,18-,19+,21+,22-,23+,24+,25+,26+,27+/m0/s1. The van der Waals surface area contributed by atoms with Gasteiger partial charge in [-0.25, -0.2) is 0 Å². The zero-order valence-electron chi connectivity index (χ0n) is 21.7. The van der Waals surface area contributed by atoms with Crippen LogP contribution in [0.5, 0.6) is 11.5 Å². The first-order valence-corrected chi connectivity index (χ1v) is 12.9. The van der Waals surface area contributed by atoms with E-state index in [4.69, 9.17) is 14.2 Å². The van der Waals surface area contributed by atoms with Crippen LogP contribution in [0.25, 0.3) is 0 Å². The second-order valence-corrected chi connectivity index (χ2v) is 10.6. The van der Waals surface area contributed by atoms with Gasteiger partial charge in [-0.15, -0.1) is 0 Å². The summed E-state index contributed by atoms with van der Waals surface area (Å²) in [4.78, 5) is 13.5. The maximum absolute atomic E-state index is 13.5. The zero-order valence-corrected chi connectivity index (χ0v) is 21.7. The van der Waals surface area contributed by atoms with Gasteiger partial charge in [-0.2, -0.15) is 0 Å². The van der Waals surface area contributed by atoms with E-state index in [0.29, 0.717) is 0 Å². The van der Waals surface area contributed by atoms with Gasteiger partial charge in [-0.05, 0) is 30.7 Å². The SMILES string of the molecule is C[C@@H]1O[C@@H](OCc2cc(O)c3c(c2)[C@@](O)([C@@H]2O[C@H](CO)[C@@H](O)[C@H](O)[C@H]2O)c2cccc(O)c2C3=O)[C@H](O)[C@H](O)[C@H]1O. The molecule has 11 atom stereocenters. The van der Waals surface area contributed by atoms with Crippen molar-refractivity contribution in [3.05, 3.63) is 58.1 Å². The van der Waals surface area contributed by atoms with Crippen LogP contribution in [0.1, 0.15) is 39.5 Å². The van der Waals surface area contributed by atoms with Crippen molar-refractivity contribution in [2.75, 3.05) is 6.61 Å². The van der Waals surface area contributed by atoms with E-state index in [-0.39, 0.29) is 16.7 Å². The highest BCUT2D eigenvalue weighted by atomic mass is 16.7. The lowest BCUT2D eigenvalue weighted by molar-refractivity contribution is -0.296. The summed E-state index contributed by atoms with van der Waals surface area (Å²) in [6.45, 7) is 0.238. The summed E-state index contributed by atoms with van der Waals surface area (Å²) in [5, 5.41) is 106. The van der Waals surface area contributed by atoms with E-state index in [9.17, 15) is 55.9 Å². The Labute approximate surface area is 232 Å². The molecule has 2 heterocycles. The molecule has 14 nitrogen and oxygen atoms in total. The highest BCUT2D eigenvalue weighted by molar-refractivity contribution is 6.16. The van der Waals surface area contributed by atoms with Crippen molar-refractivity contribution in [3.8, 4) is 11.5 Å². The van der Waals surface area contributed by atoms with E-state index in [1.165, 1.54) is 31.2 Å². The Bertz CT molecular complexity index is 1320. The molecule has 0 amide bonds. The summed E-state index contributed by atoms with van der Waals surface area (Å²) >= 11 is 0. The molecule has 0 bridgehead atoms. The second kappa shape index (κ2) is 10.8. The van der Waals surface area contributed by atoms with Gasteiger partial charge < -0.3 is 65.3 Å². The first kappa shape index (κ1) is 29.8. The van der Waals surface area contributed by atoms with Crippen LogP contribution in [0.2, 0.25) is 0 Å². The third-order valence-electron chi connectivity index (χ3n) is 8.02. The fourth-order valence-corrected chi connectivity index (χ4v) is 5.76. The van der Waals surface area contributed by atoms with Gasteiger partial charge in [0.1, 0.15) is 65.9 Å². The molecule has 0 saturated carbocycles. The minimum atomic E-state index is -2.55. The molecule has 0 unspecified atom stereocenters. The van der Waals surface area contributed by atoms with Crippen LogP contribution < -0.4 is 0 Å². The topological polar surface area (TPSA) is 247 Å². The summed E-state index contributed by atoms with van der Waals surface area (Å²) in [5.74, 6) is -2.08. The molecule has 2 aromatic carbocycles. The predicted octanol–water partition coefficient (Wildman–Crippen LogP) is -2.94. The van der Waals surface area contributed by atoms with E-state index in [1.54, 1.807) is 0 Å². The Kier molecular flexibility index (Phi) is 7.86. The monoisotopic (exact) mass is 580 g/mol. The summed E-state index contributed by atoms with van der Waals surface area (Å²) in [6.07, 6.45) is -15.8. The number of phenols is 2. The molecule has 2 fully saturated rings. The number of aromatic hydroxyl groups is 2. The van der Waals surface area contributed by atoms with Crippen molar-refractivity contribution in [3.63, 3.8) is 0 Å². The predicted molar refractivity (Wildman–Crippen MR) is 134 cm³/mol. The van der Waals surface area contributed by atoms with Gasteiger partial charge in [0.05, 0.1) is 30.4 Å². The number of hydrogen-bond acceptors (Lipinski definition) is 14. The van der Waals surface area contributed by atoms with E-state index in [0.717, 1.165) is 6.07 Å². The largest absolute Gasteiger partial charge is 0.507 e. The van der Waals surface area contributed by atoms with Crippen LogP contribution in [-0.2, 0) is 26.4 Å². The zero-order chi connectivity index (χ0) is 30.0. The highest BCUT2D eigenvalue weighted by Crippen LogP contribution is 2.50. The van der Waals surface area contributed by atoms with Crippen molar-refractivity contribution in [2.45, 2.75) is 80.4 Å². The maximum Gasteiger partial charge on any atom is 0.201 e. The number of carbonyl (C=O) groups is 1. The van der Waals surface area contributed by atoms with Crippen LogP contribution in [0.3, 0.4) is 0 Å². The molecule has 41 heavy (non-hydrogen) atoms. The Morgan fingerprint density at radius 3 is 2.17 bits per heavy atom. The fourth-order valence-electron chi connectivity index (χ4n) is 5.76. The average Bonchev–Trinajstić information content (AvgIpc) is 2.94. The molecule has 2 aliphatic heterocycles. The Hall–Kier alpha value is -2.73. The average molecular weight is 581 g/mol. The number of carbonyl (C=O) groups excluding carboxylic acids is 1. The normalized spacial score (nSPS) is 38.8. The van der Waals surface area contributed by atoms with Crippen LogP contribution in [0, 0.1) is 0 Å². The van der Waals surface area contributed by atoms with Crippen LogP contribution in [-0.4, -0.2) is 125 Å². The number of rotatable bonds is 5. The molecular formula is C27H32O14. The van der Waals surface area contributed by atoms with Gasteiger partial charge in [0.25, 0.3) is 0 Å². The molecule has 3 aliphatic rings. The van der Waals surface area contributed by atoms with Gasteiger partial charge in [0, 0.05) is 11.1 Å². The minimum absolute atomic E-state index is 0.115. The number of phenolic OH excluding ortho intramolecular Hbond substituents is 2. The molecule has 0 spiro atoms. The molecule has 5 rings (SSSR count). The van der Waals surface area contributed by atoms with Crippen molar-refractivity contribution in [2.24, 2.45) is 0 Å². The smallest absolute Gasteiger partial charge is 0.201 e. The van der Waals surface area contributed by atoms with Crippen molar-refractivity contribution >= 4 is 5.78 Å². The van der Waals surface area contributed by atoms with Crippen molar-refractivity contribution in [1.29, 1.82) is 0 Å². The molecule has 224 valence electrons. The summed E-state index contributed by atoms with van der Waals surface area (Å²) in [6, 6.07) is 6.13. The number of fused-ring (bicyclic) bond motifs is 2. The third-order valence-corrected chi connectivity index (χ3v) is 8.02. The number of aliphatic hydroxyl groups is 8. The Balaban J connectivity index is 1.60. The quantitative estimate of drug-likeness (QED) is 0.170. The second-order valence-electron chi connectivity index (χ2n) is 10.6. The van der Waals surface area contributed by atoms with E-state index >= 15 is 0 Å². The molecule has 1 aliphatic carbocycles. The maximum atomic E-state index is 13.5. The van der Waals surface area contributed by atoms with Gasteiger partial charge in [-0.3, -0.25) is 4.79 Å². The fraction of sp³-hybridized carbons (Fsp3) is 0.519. The molecule has 2 aromatic rings. The highest BCUT2D eigenvalue weighted by Gasteiger charge is 2.58. The van der Waals surface area contributed by atoms with Crippen LogP contribution in [0.4, 0.5) is 0 Å². The van der Waals surface area contributed by atoms with Gasteiger partial charge in [0.2, 0.25) is 5.78 Å². The van der Waals surface area contributed by atoms with Gasteiger partial charge >= 0.3 is 0 Å². The third kappa shape index (κ3) is 4.61. The van der Waals surface area contributed by atoms with Crippen LogP contribution >= 0.6 is 0 Å². The Morgan fingerprint density at radius 2 is 1.49 bits per heavy atom. The van der Waals surface area contributed by atoms with E-state index < -0.39 is 108 Å². The van der Waals surface area contributed by atoms with E-state index in [2.05, 4.69) is 0 Å². The molecule has 0 radical (unpaired) electrons. The van der Waals surface area contributed by atoms with Crippen LogP contribution in [0.15, 0.2) is 30.3 Å². The number of aliphatic hydroxyl groups excluding tert-OH is 7. The number of ketones is 1. The molecule has 10 N–H and O–H groups in total. The van der Waals surface area contributed by atoms with E-state index in [1.807, 2.05) is 0 Å². The number of ether oxygens (including phenoxy) is 3. The summed E-state index contributed by atoms with van der Waals surface area (Å²) in [7, 11) is 0. The molecule has 2 saturated heterocycles.